The zero-order valence-corrected chi connectivity index (χ0v) is 6.59. The Bertz CT molecular complexity index is 146. The van der Waals surface area contributed by atoms with Gasteiger partial charge in [0.25, 0.3) is 0 Å². The highest BCUT2D eigenvalue weighted by Gasteiger charge is 2.25. The predicted octanol–water partition coefficient (Wildman–Crippen LogP) is 1.14. The molecule has 56 valence electrons. The number of rotatable bonds is 1. The summed E-state index contributed by atoms with van der Waals surface area (Å²) in [7, 11) is 0. The fraction of sp³-hybridized carbons (Fsp3) is 0.875. The van der Waals surface area contributed by atoms with E-state index in [-0.39, 0.29) is 5.92 Å². The lowest BCUT2D eigenvalue weighted by Gasteiger charge is -2.12. The van der Waals surface area contributed by atoms with Crippen molar-refractivity contribution in [1.29, 1.82) is 5.26 Å². The van der Waals surface area contributed by atoms with Crippen molar-refractivity contribution in [3.63, 3.8) is 0 Å². The Labute approximate surface area is 62.2 Å². The third-order valence-electron chi connectivity index (χ3n) is 2.15. The van der Waals surface area contributed by atoms with Gasteiger partial charge in [-0.2, -0.15) is 5.26 Å². The van der Waals surface area contributed by atoms with Crippen LogP contribution >= 0.6 is 0 Å². The van der Waals surface area contributed by atoms with Crippen LogP contribution in [0.15, 0.2) is 0 Å². The lowest BCUT2D eigenvalue weighted by molar-refractivity contribution is 0.448. The summed E-state index contributed by atoms with van der Waals surface area (Å²) in [4.78, 5) is 0. The first-order valence-corrected chi connectivity index (χ1v) is 3.87. The largest absolute Gasteiger partial charge is 0.312 e. The SMILES string of the molecule is CC(C)C1CC(C#N)CN1. The molecule has 0 aromatic rings. The zero-order chi connectivity index (χ0) is 7.56. The molecule has 2 heteroatoms. The molecule has 2 unspecified atom stereocenters. The molecular formula is C8H14N2. The van der Waals surface area contributed by atoms with E-state index < -0.39 is 0 Å². The molecule has 0 aromatic heterocycles. The van der Waals surface area contributed by atoms with E-state index in [0.717, 1.165) is 13.0 Å². The van der Waals surface area contributed by atoms with Crippen LogP contribution in [0.1, 0.15) is 20.3 Å². The van der Waals surface area contributed by atoms with Crippen LogP contribution in [0.4, 0.5) is 0 Å². The molecule has 1 fully saturated rings. The summed E-state index contributed by atoms with van der Waals surface area (Å²) in [6.45, 7) is 5.27. The smallest absolute Gasteiger partial charge is 0.0669 e. The van der Waals surface area contributed by atoms with E-state index in [4.69, 9.17) is 5.26 Å². The quantitative estimate of drug-likeness (QED) is 0.590. The second kappa shape index (κ2) is 3.03. The molecule has 0 aliphatic carbocycles. The minimum atomic E-state index is 0.257. The minimum absolute atomic E-state index is 0.257. The fourth-order valence-corrected chi connectivity index (χ4v) is 1.37. The maximum Gasteiger partial charge on any atom is 0.0669 e. The molecule has 1 rings (SSSR count). The van der Waals surface area contributed by atoms with Crippen molar-refractivity contribution in [2.75, 3.05) is 6.54 Å². The van der Waals surface area contributed by atoms with Crippen molar-refractivity contribution in [2.24, 2.45) is 11.8 Å². The van der Waals surface area contributed by atoms with E-state index >= 15 is 0 Å². The van der Waals surface area contributed by atoms with Gasteiger partial charge in [0.1, 0.15) is 0 Å². The molecule has 1 aliphatic heterocycles. The van der Waals surface area contributed by atoms with Gasteiger partial charge >= 0.3 is 0 Å². The highest BCUT2D eigenvalue weighted by atomic mass is 15.0. The summed E-state index contributed by atoms with van der Waals surface area (Å²) in [5.41, 5.74) is 0. The molecule has 1 heterocycles. The minimum Gasteiger partial charge on any atom is -0.312 e. The van der Waals surface area contributed by atoms with Crippen LogP contribution in [0.2, 0.25) is 0 Å². The van der Waals surface area contributed by atoms with E-state index in [1.807, 2.05) is 0 Å². The summed E-state index contributed by atoms with van der Waals surface area (Å²) in [5, 5.41) is 11.9. The number of nitriles is 1. The van der Waals surface area contributed by atoms with Gasteiger partial charge in [-0.1, -0.05) is 13.8 Å². The molecule has 2 atom stereocenters. The molecule has 0 saturated carbocycles. The summed E-state index contributed by atoms with van der Waals surface area (Å²) in [6, 6.07) is 2.86. The topological polar surface area (TPSA) is 35.8 Å². The van der Waals surface area contributed by atoms with E-state index in [0.29, 0.717) is 12.0 Å². The van der Waals surface area contributed by atoms with Gasteiger partial charge < -0.3 is 5.32 Å². The Morgan fingerprint density at radius 2 is 2.30 bits per heavy atom. The van der Waals surface area contributed by atoms with Crippen molar-refractivity contribution in [2.45, 2.75) is 26.3 Å². The molecule has 10 heavy (non-hydrogen) atoms. The lowest BCUT2D eigenvalue weighted by Crippen LogP contribution is -2.26. The van der Waals surface area contributed by atoms with E-state index in [2.05, 4.69) is 25.2 Å². The molecule has 1 saturated heterocycles. The van der Waals surface area contributed by atoms with Gasteiger partial charge in [0, 0.05) is 12.6 Å². The van der Waals surface area contributed by atoms with Crippen LogP contribution in [-0.2, 0) is 0 Å². The highest BCUT2D eigenvalue weighted by Crippen LogP contribution is 2.18. The molecule has 0 radical (unpaired) electrons. The Kier molecular flexibility index (Phi) is 2.29. The van der Waals surface area contributed by atoms with Gasteiger partial charge in [-0.05, 0) is 12.3 Å². The molecule has 1 aliphatic rings. The molecule has 0 amide bonds. The third kappa shape index (κ3) is 1.48. The van der Waals surface area contributed by atoms with Crippen molar-refractivity contribution < 1.29 is 0 Å². The van der Waals surface area contributed by atoms with Gasteiger partial charge in [-0.25, -0.2) is 0 Å². The Morgan fingerprint density at radius 1 is 1.60 bits per heavy atom. The standard InChI is InChI=1S/C8H14N2/c1-6(2)8-3-7(4-9)5-10-8/h6-8,10H,3,5H2,1-2H3. The Hall–Kier alpha value is -0.550. The number of hydrogen-bond donors (Lipinski definition) is 1. The third-order valence-corrected chi connectivity index (χ3v) is 2.15. The maximum atomic E-state index is 8.58. The van der Waals surface area contributed by atoms with Gasteiger partial charge in [0.15, 0.2) is 0 Å². The first-order chi connectivity index (χ1) is 4.74. The fourth-order valence-electron chi connectivity index (χ4n) is 1.37. The van der Waals surface area contributed by atoms with Gasteiger partial charge in [-0.3, -0.25) is 0 Å². The molecule has 1 N–H and O–H groups in total. The maximum absolute atomic E-state index is 8.58. The normalized spacial score (nSPS) is 32.6. The summed E-state index contributed by atoms with van der Waals surface area (Å²) in [5.74, 6) is 0.922. The monoisotopic (exact) mass is 138 g/mol. The molecular weight excluding hydrogens is 124 g/mol. The average Bonchev–Trinajstić information content (AvgIpc) is 2.34. The number of nitrogens with zero attached hydrogens (tertiary/aromatic N) is 1. The Morgan fingerprint density at radius 3 is 2.60 bits per heavy atom. The van der Waals surface area contributed by atoms with Crippen LogP contribution in [0.3, 0.4) is 0 Å². The summed E-state index contributed by atoms with van der Waals surface area (Å²) >= 11 is 0. The summed E-state index contributed by atoms with van der Waals surface area (Å²) in [6.07, 6.45) is 1.04. The first kappa shape index (κ1) is 7.56. The zero-order valence-electron chi connectivity index (χ0n) is 6.59. The Balaban J connectivity index is 2.37. The lowest BCUT2D eigenvalue weighted by atomic mass is 9.99. The van der Waals surface area contributed by atoms with Crippen molar-refractivity contribution >= 4 is 0 Å². The van der Waals surface area contributed by atoms with Crippen LogP contribution in [0.5, 0.6) is 0 Å². The van der Waals surface area contributed by atoms with E-state index in [1.165, 1.54) is 0 Å². The van der Waals surface area contributed by atoms with Gasteiger partial charge in [-0.15, -0.1) is 0 Å². The number of nitrogens with one attached hydrogen (secondary N) is 1. The van der Waals surface area contributed by atoms with Crippen molar-refractivity contribution in [1.82, 2.24) is 5.32 Å². The van der Waals surface area contributed by atoms with Gasteiger partial charge in [0.05, 0.1) is 12.0 Å². The van der Waals surface area contributed by atoms with Crippen molar-refractivity contribution in [3.05, 3.63) is 0 Å². The van der Waals surface area contributed by atoms with Gasteiger partial charge in [0.2, 0.25) is 0 Å². The van der Waals surface area contributed by atoms with E-state index in [9.17, 15) is 0 Å². The average molecular weight is 138 g/mol. The molecule has 0 spiro atoms. The molecule has 0 bridgehead atoms. The molecule has 2 nitrogen and oxygen atoms in total. The number of hydrogen-bond acceptors (Lipinski definition) is 2. The van der Waals surface area contributed by atoms with Crippen LogP contribution < -0.4 is 5.32 Å². The predicted molar refractivity (Wildman–Crippen MR) is 40.3 cm³/mol. The second-order valence-electron chi connectivity index (χ2n) is 3.32. The summed E-state index contributed by atoms with van der Waals surface area (Å²) < 4.78 is 0. The second-order valence-corrected chi connectivity index (χ2v) is 3.32. The van der Waals surface area contributed by atoms with Crippen LogP contribution in [0, 0.1) is 23.2 Å². The molecule has 0 aromatic carbocycles. The van der Waals surface area contributed by atoms with Crippen molar-refractivity contribution in [3.8, 4) is 6.07 Å². The highest BCUT2D eigenvalue weighted by molar-refractivity contribution is 4.94. The van der Waals surface area contributed by atoms with Crippen LogP contribution in [-0.4, -0.2) is 12.6 Å². The first-order valence-electron chi connectivity index (χ1n) is 3.87. The van der Waals surface area contributed by atoms with Crippen LogP contribution in [0.25, 0.3) is 0 Å². The van der Waals surface area contributed by atoms with E-state index in [1.54, 1.807) is 0 Å².